The molecule has 1 aromatic carbocycles. The highest BCUT2D eigenvalue weighted by molar-refractivity contribution is 7.83. The second-order valence-electron chi connectivity index (χ2n) is 3.13. The van der Waals surface area contributed by atoms with Crippen LogP contribution in [0, 0.1) is 5.82 Å². The van der Waals surface area contributed by atoms with Gasteiger partial charge in [-0.15, -0.1) is 12.6 Å². The zero-order chi connectivity index (χ0) is 13.1. The van der Waals surface area contributed by atoms with Crippen molar-refractivity contribution < 1.29 is 22.3 Å². The maximum Gasteiger partial charge on any atom is 0.422 e. The SMILES string of the molecule is N/C(=C\S)c1ccc(OCC(F)(F)F)c(F)c1. The molecule has 0 heterocycles. The van der Waals surface area contributed by atoms with Crippen LogP contribution in [0.5, 0.6) is 5.75 Å². The molecule has 2 N–H and O–H groups in total. The van der Waals surface area contributed by atoms with E-state index < -0.39 is 24.3 Å². The van der Waals surface area contributed by atoms with Gasteiger partial charge in [-0.1, -0.05) is 0 Å². The normalized spacial score (nSPS) is 12.6. The number of benzene rings is 1. The summed E-state index contributed by atoms with van der Waals surface area (Å²) in [5.41, 5.74) is 5.97. The van der Waals surface area contributed by atoms with Gasteiger partial charge < -0.3 is 10.5 Å². The lowest BCUT2D eigenvalue weighted by Gasteiger charge is -2.10. The van der Waals surface area contributed by atoms with Crippen LogP contribution >= 0.6 is 12.6 Å². The van der Waals surface area contributed by atoms with Crippen LogP contribution in [-0.2, 0) is 0 Å². The van der Waals surface area contributed by atoms with Crippen LogP contribution in [0.15, 0.2) is 23.6 Å². The summed E-state index contributed by atoms with van der Waals surface area (Å²) < 4.78 is 53.2. The molecule has 1 rings (SSSR count). The Balaban J connectivity index is 2.84. The van der Waals surface area contributed by atoms with E-state index in [9.17, 15) is 17.6 Å². The Labute approximate surface area is 100 Å². The van der Waals surface area contributed by atoms with Gasteiger partial charge >= 0.3 is 6.18 Å². The predicted molar refractivity (Wildman–Crippen MR) is 59.1 cm³/mol. The lowest BCUT2D eigenvalue weighted by molar-refractivity contribution is -0.153. The van der Waals surface area contributed by atoms with Crippen molar-refractivity contribution >= 4 is 18.3 Å². The summed E-state index contributed by atoms with van der Waals surface area (Å²) in [6.07, 6.45) is -4.50. The second kappa shape index (κ2) is 5.31. The van der Waals surface area contributed by atoms with Gasteiger partial charge in [-0.2, -0.15) is 13.2 Å². The third-order valence-corrected chi connectivity index (χ3v) is 2.07. The van der Waals surface area contributed by atoms with Gasteiger partial charge in [-0.25, -0.2) is 4.39 Å². The van der Waals surface area contributed by atoms with Crippen LogP contribution in [0.1, 0.15) is 5.56 Å². The Morgan fingerprint density at radius 3 is 2.53 bits per heavy atom. The molecule has 2 nitrogen and oxygen atoms in total. The highest BCUT2D eigenvalue weighted by atomic mass is 32.1. The first-order chi connectivity index (χ1) is 7.83. The fourth-order valence-electron chi connectivity index (χ4n) is 1.03. The summed E-state index contributed by atoms with van der Waals surface area (Å²) in [5, 5.41) is 1.25. The molecule has 0 atom stereocenters. The van der Waals surface area contributed by atoms with E-state index in [2.05, 4.69) is 17.4 Å². The molecule has 0 aliphatic rings. The van der Waals surface area contributed by atoms with E-state index in [0.29, 0.717) is 5.56 Å². The van der Waals surface area contributed by atoms with Gasteiger partial charge in [0.2, 0.25) is 0 Å². The smallest absolute Gasteiger partial charge is 0.422 e. The Morgan fingerprint density at radius 1 is 1.41 bits per heavy atom. The van der Waals surface area contributed by atoms with Crippen LogP contribution in [0.4, 0.5) is 17.6 Å². The molecule has 0 spiro atoms. The Morgan fingerprint density at radius 2 is 2.06 bits per heavy atom. The topological polar surface area (TPSA) is 35.2 Å². The van der Waals surface area contributed by atoms with Gasteiger partial charge in [0.1, 0.15) is 0 Å². The molecule has 1 aromatic rings. The molecule has 0 saturated carbocycles. The second-order valence-corrected chi connectivity index (χ2v) is 3.39. The lowest BCUT2D eigenvalue weighted by Crippen LogP contribution is -2.19. The van der Waals surface area contributed by atoms with Gasteiger partial charge in [-0.05, 0) is 23.6 Å². The number of halogens is 4. The zero-order valence-corrected chi connectivity index (χ0v) is 9.36. The van der Waals surface area contributed by atoms with Crippen LogP contribution in [0.2, 0.25) is 0 Å². The van der Waals surface area contributed by atoms with Crippen molar-refractivity contribution in [3.05, 3.63) is 35.0 Å². The summed E-state index contributed by atoms with van der Waals surface area (Å²) in [4.78, 5) is 0. The molecule has 0 aliphatic heterocycles. The van der Waals surface area contributed by atoms with Crippen molar-refractivity contribution in [1.29, 1.82) is 0 Å². The maximum absolute atomic E-state index is 13.3. The van der Waals surface area contributed by atoms with E-state index >= 15 is 0 Å². The fraction of sp³-hybridized carbons (Fsp3) is 0.200. The van der Waals surface area contributed by atoms with Gasteiger partial charge in [-0.3, -0.25) is 0 Å². The Bertz CT molecular complexity index is 431. The molecule has 0 bridgehead atoms. The minimum atomic E-state index is -4.50. The maximum atomic E-state index is 13.3. The standard InChI is InChI=1S/C10H9F4NOS/c11-7-3-6(8(15)4-17)1-2-9(7)16-5-10(12,13)14/h1-4,17H,5,15H2/b8-4-. The van der Waals surface area contributed by atoms with E-state index in [1.54, 1.807) is 0 Å². The number of ether oxygens (including phenoxy) is 1. The molecule has 0 aromatic heterocycles. The summed E-state index contributed by atoms with van der Waals surface area (Å²) in [7, 11) is 0. The minimum absolute atomic E-state index is 0.203. The number of alkyl halides is 3. The summed E-state index contributed by atoms with van der Waals surface area (Å²) in [6.45, 7) is -1.54. The first kappa shape index (κ1) is 13.7. The molecular formula is C10H9F4NOS. The average Bonchev–Trinajstić information content (AvgIpc) is 2.25. The summed E-state index contributed by atoms with van der Waals surface area (Å²) in [5.74, 6) is -1.39. The predicted octanol–water partition coefficient (Wildman–Crippen LogP) is 2.95. The minimum Gasteiger partial charge on any atom is -0.481 e. The highest BCUT2D eigenvalue weighted by Crippen LogP contribution is 2.23. The molecule has 0 unspecified atom stereocenters. The Hall–Kier alpha value is -1.37. The molecule has 0 saturated heterocycles. The number of hydrogen-bond donors (Lipinski definition) is 2. The third-order valence-electron chi connectivity index (χ3n) is 1.80. The van der Waals surface area contributed by atoms with E-state index in [4.69, 9.17) is 5.73 Å². The van der Waals surface area contributed by atoms with E-state index in [-0.39, 0.29) is 5.70 Å². The van der Waals surface area contributed by atoms with Crippen molar-refractivity contribution in [3.63, 3.8) is 0 Å². The molecule has 0 aliphatic carbocycles. The Kier molecular flexibility index (Phi) is 4.28. The van der Waals surface area contributed by atoms with Gasteiger partial charge in [0.05, 0.1) is 0 Å². The number of thiol groups is 1. The first-order valence-corrected chi connectivity index (χ1v) is 4.94. The monoisotopic (exact) mass is 267 g/mol. The summed E-state index contributed by atoms with van der Waals surface area (Å²) in [6, 6.07) is 3.41. The third kappa shape index (κ3) is 4.18. The largest absolute Gasteiger partial charge is 0.481 e. The fourth-order valence-corrected chi connectivity index (χ4v) is 1.18. The summed E-state index contributed by atoms with van der Waals surface area (Å²) >= 11 is 3.78. The van der Waals surface area contributed by atoms with Crippen LogP contribution in [-0.4, -0.2) is 12.8 Å². The molecule has 17 heavy (non-hydrogen) atoms. The van der Waals surface area contributed by atoms with Gasteiger partial charge in [0.25, 0.3) is 0 Å². The molecule has 0 radical (unpaired) electrons. The van der Waals surface area contributed by atoms with E-state index in [1.165, 1.54) is 11.5 Å². The number of nitrogens with two attached hydrogens (primary N) is 1. The molecule has 0 fully saturated rings. The van der Waals surface area contributed by atoms with Crippen LogP contribution < -0.4 is 10.5 Å². The van der Waals surface area contributed by atoms with Crippen LogP contribution in [0.25, 0.3) is 5.70 Å². The van der Waals surface area contributed by atoms with Crippen molar-refractivity contribution in [2.75, 3.05) is 6.61 Å². The number of rotatable bonds is 3. The molecular weight excluding hydrogens is 258 g/mol. The molecule has 0 amide bonds. The molecule has 7 heteroatoms. The van der Waals surface area contributed by atoms with E-state index in [0.717, 1.165) is 12.1 Å². The van der Waals surface area contributed by atoms with Gasteiger partial charge in [0.15, 0.2) is 18.2 Å². The average molecular weight is 267 g/mol. The van der Waals surface area contributed by atoms with Gasteiger partial charge in [0, 0.05) is 11.3 Å². The zero-order valence-electron chi connectivity index (χ0n) is 8.46. The van der Waals surface area contributed by atoms with E-state index in [1.807, 2.05) is 0 Å². The highest BCUT2D eigenvalue weighted by Gasteiger charge is 2.28. The van der Waals surface area contributed by atoms with Crippen molar-refractivity contribution in [2.24, 2.45) is 5.73 Å². The van der Waals surface area contributed by atoms with Crippen molar-refractivity contribution in [1.82, 2.24) is 0 Å². The number of hydrogen-bond acceptors (Lipinski definition) is 3. The first-order valence-electron chi connectivity index (χ1n) is 4.43. The lowest BCUT2D eigenvalue weighted by atomic mass is 10.1. The molecule has 94 valence electrons. The quantitative estimate of drug-likeness (QED) is 0.652. The van der Waals surface area contributed by atoms with Crippen molar-refractivity contribution in [2.45, 2.75) is 6.18 Å². The van der Waals surface area contributed by atoms with Crippen LogP contribution in [0.3, 0.4) is 0 Å². The van der Waals surface area contributed by atoms with Crippen molar-refractivity contribution in [3.8, 4) is 5.75 Å².